The van der Waals surface area contributed by atoms with Crippen LogP contribution in [0.3, 0.4) is 0 Å². The molecule has 0 bridgehead atoms. The molecule has 0 aliphatic rings. The highest BCUT2D eigenvalue weighted by molar-refractivity contribution is 7.11. The molecule has 0 spiro atoms. The molecule has 1 heterocycles. The van der Waals surface area contributed by atoms with E-state index in [1.165, 1.54) is 22.0 Å². The SMILES string of the molecule is Cc1nc(CCNC(C)CC(C)C)sc1C. The van der Waals surface area contributed by atoms with Crippen molar-refractivity contribution in [1.29, 1.82) is 0 Å². The topological polar surface area (TPSA) is 24.9 Å². The average Bonchev–Trinajstić information content (AvgIpc) is 2.44. The molecule has 0 aliphatic carbocycles. The summed E-state index contributed by atoms with van der Waals surface area (Å²) in [6.07, 6.45) is 2.30. The van der Waals surface area contributed by atoms with Gasteiger partial charge in [0, 0.05) is 23.9 Å². The van der Waals surface area contributed by atoms with Gasteiger partial charge in [0.2, 0.25) is 0 Å². The first kappa shape index (κ1) is 13.7. The van der Waals surface area contributed by atoms with Gasteiger partial charge in [-0.15, -0.1) is 11.3 Å². The summed E-state index contributed by atoms with van der Waals surface area (Å²) >= 11 is 1.83. The van der Waals surface area contributed by atoms with E-state index in [-0.39, 0.29) is 0 Å². The first-order chi connectivity index (χ1) is 7.49. The number of rotatable bonds is 6. The zero-order valence-corrected chi connectivity index (χ0v) is 11.9. The van der Waals surface area contributed by atoms with Crippen molar-refractivity contribution in [2.45, 2.75) is 53.5 Å². The largest absolute Gasteiger partial charge is 0.314 e. The summed E-state index contributed by atoms with van der Waals surface area (Å²) in [4.78, 5) is 5.90. The summed E-state index contributed by atoms with van der Waals surface area (Å²) in [5.74, 6) is 0.770. The van der Waals surface area contributed by atoms with Crippen LogP contribution in [0.5, 0.6) is 0 Å². The zero-order valence-electron chi connectivity index (χ0n) is 11.1. The molecule has 1 N–H and O–H groups in total. The standard InChI is InChI=1S/C13H24N2S/c1-9(2)8-10(3)14-7-6-13-15-11(4)12(5)16-13/h9-10,14H,6-8H2,1-5H3. The lowest BCUT2D eigenvalue weighted by Gasteiger charge is -2.15. The third kappa shape index (κ3) is 4.62. The lowest BCUT2D eigenvalue weighted by Crippen LogP contribution is -2.29. The van der Waals surface area contributed by atoms with Gasteiger partial charge in [-0.1, -0.05) is 13.8 Å². The maximum absolute atomic E-state index is 4.55. The highest BCUT2D eigenvalue weighted by Crippen LogP contribution is 2.16. The predicted octanol–water partition coefficient (Wildman–Crippen LogP) is 3.33. The van der Waals surface area contributed by atoms with Crippen molar-refractivity contribution in [2.24, 2.45) is 5.92 Å². The van der Waals surface area contributed by atoms with E-state index in [4.69, 9.17) is 0 Å². The van der Waals surface area contributed by atoms with Crippen molar-refractivity contribution in [3.05, 3.63) is 15.6 Å². The molecule has 1 aromatic heterocycles. The van der Waals surface area contributed by atoms with E-state index in [0.717, 1.165) is 18.9 Å². The minimum Gasteiger partial charge on any atom is -0.314 e. The molecular formula is C13H24N2S. The maximum Gasteiger partial charge on any atom is 0.0943 e. The Kier molecular flexibility index (Phi) is 5.42. The van der Waals surface area contributed by atoms with Crippen LogP contribution in [0.2, 0.25) is 0 Å². The van der Waals surface area contributed by atoms with E-state index in [1.54, 1.807) is 0 Å². The Balaban J connectivity index is 2.25. The summed E-state index contributed by atoms with van der Waals surface area (Å²) in [5, 5.41) is 4.82. The molecule has 0 aromatic carbocycles. The van der Waals surface area contributed by atoms with Crippen LogP contribution < -0.4 is 5.32 Å². The second-order valence-electron chi connectivity index (χ2n) is 4.98. The predicted molar refractivity (Wildman–Crippen MR) is 72.2 cm³/mol. The average molecular weight is 240 g/mol. The van der Waals surface area contributed by atoms with Crippen LogP contribution >= 0.6 is 11.3 Å². The minimum atomic E-state index is 0.613. The quantitative estimate of drug-likeness (QED) is 0.825. The van der Waals surface area contributed by atoms with E-state index in [1.807, 2.05) is 11.3 Å². The third-order valence-corrected chi connectivity index (χ3v) is 3.86. The number of aromatic nitrogens is 1. The molecule has 0 fully saturated rings. The fourth-order valence-corrected chi connectivity index (χ4v) is 2.80. The van der Waals surface area contributed by atoms with Crippen molar-refractivity contribution in [1.82, 2.24) is 10.3 Å². The van der Waals surface area contributed by atoms with Gasteiger partial charge in [-0.25, -0.2) is 4.98 Å². The van der Waals surface area contributed by atoms with E-state index in [2.05, 4.69) is 44.9 Å². The molecule has 1 rings (SSSR count). The van der Waals surface area contributed by atoms with Gasteiger partial charge in [0.05, 0.1) is 10.7 Å². The van der Waals surface area contributed by atoms with E-state index in [0.29, 0.717) is 6.04 Å². The third-order valence-electron chi connectivity index (χ3n) is 2.73. The van der Waals surface area contributed by atoms with Gasteiger partial charge in [-0.2, -0.15) is 0 Å². The van der Waals surface area contributed by atoms with Gasteiger partial charge in [0.25, 0.3) is 0 Å². The summed E-state index contributed by atoms with van der Waals surface area (Å²) in [6, 6.07) is 0.613. The highest BCUT2D eigenvalue weighted by Gasteiger charge is 2.06. The monoisotopic (exact) mass is 240 g/mol. The van der Waals surface area contributed by atoms with Crippen molar-refractivity contribution >= 4 is 11.3 Å². The van der Waals surface area contributed by atoms with Crippen LogP contribution in [-0.4, -0.2) is 17.6 Å². The number of thiazole rings is 1. The molecule has 0 amide bonds. The van der Waals surface area contributed by atoms with Crippen LogP contribution in [-0.2, 0) is 6.42 Å². The minimum absolute atomic E-state index is 0.613. The normalized spacial score (nSPS) is 13.4. The first-order valence-corrected chi connectivity index (χ1v) is 6.97. The first-order valence-electron chi connectivity index (χ1n) is 6.15. The van der Waals surface area contributed by atoms with E-state index < -0.39 is 0 Å². The molecule has 3 heteroatoms. The van der Waals surface area contributed by atoms with Gasteiger partial charge < -0.3 is 5.32 Å². The Labute approximate surface area is 103 Å². The molecule has 0 saturated carbocycles. The Morgan fingerprint density at radius 2 is 1.94 bits per heavy atom. The molecule has 0 radical (unpaired) electrons. The Hall–Kier alpha value is -0.410. The lowest BCUT2D eigenvalue weighted by molar-refractivity contribution is 0.444. The Morgan fingerprint density at radius 1 is 1.25 bits per heavy atom. The number of aryl methyl sites for hydroxylation is 2. The van der Waals surface area contributed by atoms with Gasteiger partial charge in [0.15, 0.2) is 0 Å². The van der Waals surface area contributed by atoms with Crippen LogP contribution in [0, 0.1) is 19.8 Å². The molecule has 1 atom stereocenters. The molecule has 1 unspecified atom stereocenters. The van der Waals surface area contributed by atoms with E-state index in [9.17, 15) is 0 Å². The Bertz CT molecular complexity index is 298. The summed E-state index contributed by atoms with van der Waals surface area (Å²) < 4.78 is 0. The summed E-state index contributed by atoms with van der Waals surface area (Å²) in [7, 11) is 0. The highest BCUT2D eigenvalue weighted by atomic mass is 32.1. The van der Waals surface area contributed by atoms with Crippen LogP contribution in [0.25, 0.3) is 0 Å². The second-order valence-corrected chi connectivity index (χ2v) is 6.27. The maximum atomic E-state index is 4.55. The molecule has 2 nitrogen and oxygen atoms in total. The van der Waals surface area contributed by atoms with Gasteiger partial charge >= 0.3 is 0 Å². The summed E-state index contributed by atoms with van der Waals surface area (Å²) in [6.45, 7) is 12.1. The van der Waals surface area contributed by atoms with Crippen molar-refractivity contribution in [3.63, 3.8) is 0 Å². The van der Waals surface area contributed by atoms with Crippen molar-refractivity contribution in [3.8, 4) is 0 Å². The van der Waals surface area contributed by atoms with Crippen LogP contribution in [0.15, 0.2) is 0 Å². The number of hydrogen-bond acceptors (Lipinski definition) is 3. The van der Waals surface area contributed by atoms with Crippen LogP contribution in [0.1, 0.15) is 42.8 Å². The van der Waals surface area contributed by atoms with Crippen molar-refractivity contribution in [2.75, 3.05) is 6.54 Å². The fourth-order valence-electron chi connectivity index (χ4n) is 1.86. The fraction of sp³-hybridized carbons (Fsp3) is 0.769. The molecular weight excluding hydrogens is 216 g/mol. The zero-order chi connectivity index (χ0) is 12.1. The Morgan fingerprint density at radius 3 is 2.44 bits per heavy atom. The smallest absolute Gasteiger partial charge is 0.0943 e. The van der Waals surface area contributed by atoms with E-state index >= 15 is 0 Å². The lowest BCUT2D eigenvalue weighted by atomic mass is 10.1. The van der Waals surface area contributed by atoms with Gasteiger partial charge in [0.1, 0.15) is 0 Å². The number of hydrogen-bond donors (Lipinski definition) is 1. The molecule has 1 aromatic rings. The number of nitrogens with zero attached hydrogens (tertiary/aromatic N) is 1. The van der Waals surface area contributed by atoms with Crippen molar-refractivity contribution < 1.29 is 0 Å². The second kappa shape index (κ2) is 6.36. The molecule has 92 valence electrons. The van der Waals surface area contributed by atoms with Gasteiger partial charge in [-0.05, 0) is 33.1 Å². The van der Waals surface area contributed by atoms with Gasteiger partial charge in [-0.3, -0.25) is 0 Å². The summed E-state index contributed by atoms with van der Waals surface area (Å²) in [5.41, 5.74) is 1.19. The molecule has 0 saturated heterocycles. The number of nitrogens with one attached hydrogen (secondary N) is 1. The molecule has 0 aliphatic heterocycles. The van der Waals surface area contributed by atoms with Crippen LogP contribution in [0.4, 0.5) is 0 Å². The molecule has 16 heavy (non-hydrogen) atoms.